The lowest BCUT2D eigenvalue weighted by Crippen LogP contribution is -2.44. The van der Waals surface area contributed by atoms with Crippen molar-refractivity contribution in [3.63, 3.8) is 0 Å². The zero-order valence-corrected chi connectivity index (χ0v) is 13.8. The second kappa shape index (κ2) is 7.14. The Morgan fingerprint density at radius 3 is 2.46 bits per heavy atom. The Balaban J connectivity index is 1.79. The lowest BCUT2D eigenvalue weighted by Gasteiger charge is -2.38. The Morgan fingerprint density at radius 1 is 1.12 bits per heavy atom. The maximum Gasteiger partial charge on any atom is 0.251 e. The third-order valence-corrected chi connectivity index (χ3v) is 4.88. The molecule has 0 spiro atoms. The number of halogens is 1. The molecule has 1 aliphatic rings. The average molecular weight is 327 g/mol. The summed E-state index contributed by atoms with van der Waals surface area (Å²) in [6.07, 6.45) is 1.62. The first-order valence-corrected chi connectivity index (χ1v) is 8.28. The predicted molar refractivity (Wildman–Crippen MR) is 91.6 cm³/mol. The van der Waals surface area contributed by atoms with Gasteiger partial charge < -0.3 is 10.1 Å². The minimum absolute atomic E-state index is 0.0684. The molecule has 3 nitrogen and oxygen atoms in total. The zero-order valence-electron chi connectivity index (χ0n) is 13.8. The maximum absolute atomic E-state index is 13.3. The first kappa shape index (κ1) is 16.7. The molecular weight excluding hydrogens is 305 g/mol. The van der Waals surface area contributed by atoms with E-state index in [0.29, 0.717) is 25.3 Å². The van der Waals surface area contributed by atoms with Crippen molar-refractivity contribution >= 4 is 5.91 Å². The fourth-order valence-corrected chi connectivity index (χ4v) is 3.31. The molecule has 1 N–H and O–H groups in total. The van der Waals surface area contributed by atoms with Crippen LogP contribution in [0.5, 0.6) is 0 Å². The summed E-state index contributed by atoms with van der Waals surface area (Å²) in [7, 11) is 0. The van der Waals surface area contributed by atoms with Crippen LogP contribution in [0.2, 0.25) is 0 Å². The molecule has 0 aliphatic carbocycles. The van der Waals surface area contributed by atoms with Crippen LogP contribution < -0.4 is 5.32 Å². The first-order valence-electron chi connectivity index (χ1n) is 8.28. The Hall–Kier alpha value is -2.20. The van der Waals surface area contributed by atoms with Gasteiger partial charge in [0.25, 0.3) is 5.91 Å². The van der Waals surface area contributed by atoms with Gasteiger partial charge in [-0.25, -0.2) is 4.39 Å². The monoisotopic (exact) mass is 327 g/mol. The second-order valence-electron chi connectivity index (χ2n) is 6.40. The van der Waals surface area contributed by atoms with E-state index < -0.39 is 0 Å². The van der Waals surface area contributed by atoms with Crippen LogP contribution in [-0.4, -0.2) is 25.7 Å². The van der Waals surface area contributed by atoms with Crippen LogP contribution in [0.25, 0.3) is 0 Å². The SMILES string of the molecule is Cc1ccccc1C(=O)NCC1(c2ccc(F)cc2)CCOCC1. The zero-order chi connectivity index (χ0) is 17.0. The largest absolute Gasteiger partial charge is 0.381 e. The van der Waals surface area contributed by atoms with Crippen molar-refractivity contribution in [2.45, 2.75) is 25.2 Å². The van der Waals surface area contributed by atoms with Crippen molar-refractivity contribution in [3.05, 3.63) is 71.0 Å². The van der Waals surface area contributed by atoms with Gasteiger partial charge in [0, 0.05) is 30.7 Å². The molecule has 1 aliphatic heterocycles. The molecule has 0 aromatic heterocycles. The van der Waals surface area contributed by atoms with Crippen molar-refractivity contribution in [3.8, 4) is 0 Å². The molecule has 3 rings (SSSR count). The lowest BCUT2D eigenvalue weighted by atomic mass is 9.74. The van der Waals surface area contributed by atoms with Gasteiger partial charge in [-0.15, -0.1) is 0 Å². The van der Waals surface area contributed by atoms with Crippen LogP contribution >= 0.6 is 0 Å². The topological polar surface area (TPSA) is 38.3 Å². The Bertz CT molecular complexity index is 706. The Kier molecular flexibility index (Phi) is 4.95. The van der Waals surface area contributed by atoms with Crippen molar-refractivity contribution < 1.29 is 13.9 Å². The number of carbonyl (C=O) groups is 1. The molecule has 24 heavy (non-hydrogen) atoms. The van der Waals surface area contributed by atoms with Gasteiger partial charge in [0.2, 0.25) is 0 Å². The van der Waals surface area contributed by atoms with Crippen molar-refractivity contribution in [1.29, 1.82) is 0 Å². The molecule has 0 bridgehead atoms. The van der Waals surface area contributed by atoms with Crippen molar-refractivity contribution in [2.24, 2.45) is 0 Å². The van der Waals surface area contributed by atoms with Crippen molar-refractivity contribution in [2.75, 3.05) is 19.8 Å². The van der Waals surface area contributed by atoms with E-state index in [2.05, 4.69) is 5.32 Å². The normalized spacial score (nSPS) is 16.6. The quantitative estimate of drug-likeness (QED) is 0.931. The fourth-order valence-electron chi connectivity index (χ4n) is 3.31. The molecule has 2 aromatic rings. The van der Waals surface area contributed by atoms with Crippen LogP contribution in [0.15, 0.2) is 48.5 Å². The standard InChI is InChI=1S/C20H22FNO2/c1-15-4-2-3-5-18(15)19(23)22-14-20(10-12-24-13-11-20)16-6-8-17(21)9-7-16/h2-9H,10-14H2,1H3,(H,22,23). The molecule has 4 heteroatoms. The van der Waals surface area contributed by atoms with E-state index in [1.807, 2.05) is 43.3 Å². The second-order valence-corrected chi connectivity index (χ2v) is 6.40. The molecule has 0 unspecified atom stereocenters. The minimum atomic E-state index is -0.245. The number of carbonyl (C=O) groups excluding carboxylic acids is 1. The van der Waals surface area contributed by atoms with E-state index in [0.717, 1.165) is 24.0 Å². The van der Waals surface area contributed by atoms with E-state index in [9.17, 15) is 9.18 Å². The van der Waals surface area contributed by atoms with Gasteiger partial charge in [-0.05, 0) is 49.1 Å². The average Bonchev–Trinajstić information content (AvgIpc) is 2.61. The van der Waals surface area contributed by atoms with Gasteiger partial charge in [0.1, 0.15) is 5.82 Å². The molecule has 1 fully saturated rings. The van der Waals surface area contributed by atoms with Gasteiger partial charge in [0.15, 0.2) is 0 Å². The first-order chi connectivity index (χ1) is 11.6. The Labute approximate surface area is 141 Å². The molecule has 0 atom stereocenters. The summed E-state index contributed by atoms with van der Waals surface area (Å²) in [5.41, 5.74) is 2.50. The summed E-state index contributed by atoms with van der Waals surface area (Å²) in [6.45, 7) is 3.75. The number of benzene rings is 2. The number of hydrogen-bond acceptors (Lipinski definition) is 2. The van der Waals surface area contributed by atoms with Gasteiger partial charge >= 0.3 is 0 Å². The highest BCUT2D eigenvalue weighted by atomic mass is 19.1. The third-order valence-electron chi connectivity index (χ3n) is 4.88. The number of nitrogens with one attached hydrogen (secondary N) is 1. The summed E-state index contributed by atoms with van der Waals surface area (Å²) < 4.78 is 18.8. The molecule has 126 valence electrons. The molecule has 2 aromatic carbocycles. The fraction of sp³-hybridized carbons (Fsp3) is 0.350. The number of amides is 1. The van der Waals surface area contributed by atoms with Crippen LogP contribution in [0.4, 0.5) is 4.39 Å². The summed E-state index contributed by atoms with van der Waals surface area (Å²) in [5.74, 6) is -0.314. The van der Waals surface area contributed by atoms with Crippen LogP contribution in [0.1, 0.15) is 34.3 Å². The van der Waals surface area contributed by atoms with Crippen molar-refractivity contribution in [1.82, 2.24) is 5.32 Å². The van der Waals surface area contributed by atoms with E-state index in [1.54, 1.807) is 0 Å². The van der Waals surface area contributed by atoms with E-state index in [1.165, 1.54) is 12.1 Å². The van der Waals surface area contributed by atoms with E-state index in [4.69, 9.17) is 4.74 Å². The van der Waals surface area contributed by atoms with Gasteiger partial charge in [-0.2, -0.15) is 0 Å². The summed E-state index contributed by atoms with van der Waals surface area (Å²) in [4.78, 5) is 12.5. The number of aryl methyl sites for hydroxylation is 1. The van der Waals surface area contributed by atoms with Gasteiger partial charge in [0.05, 0.1) is 0 Å². The molecule has 1 amide bonds. The molecule has 1 heterocycles. The van der Waals surface area contributed by atoms with Crippen LogP contribution in [0.3, 0.4) is 0 Å². The third kappa shape index (κ3) is 3.49. The lowest BCUT2D eigenvalue weighted by molar-refractivity contribution is 0.0487. The number of rotatable bonds is 4. The summed E-state index contributed by atoms with van der Waals surface area (Å²) >= 11 is 0. The predicted octanol–water partition coefficient (Wildman–Crippen LogP) is 3.61. The molecule has 0 saturated carbocycles. The molecule has 0 radical (unpaired) electrons. The highest BCUT2D eigenvalue weighted by Crippen LogP contribution is 2.34. The Morgan fingerprint density at radius 2 is 1.79 bits per heavy atom. The smallest absolute Gasteiger partial charge is 0.251 e. The number of ether oxygens (including phenoxy) is 1. The van der Waals surface area contributed by atoms with E-state index >= 15 is 0 Å². The molecule has 1 saturated heterocycles. The van der Waals surface area contributed by atoms with Gasteiger partial charge in [-0.3, -0.25) is 4.79 Å². The number of hydrogen-bond donors (Lipinski definition) is 1. The minimum Gasteiger partial charge on any atom is -0.381 e. The summed E-state index contributed by atoms with van der Waals surface area (Å²) in [6, 6.07) is 14.2. The van der Waals surface area contributed by atoms with E-state index in [-0.39, 0.29) is 17.1 Å². The summed E-state index contributed by atoms with van der Waals surface area (Å²) in [5, 5.41) is 3.08. The van der Waals surface area contributed by atoms with Gasteiger partial charge in [-0.1, -0.05) is 30.3 Å². The highest BCUT2D eigenvalue weighted by Gasteiger charge is 2.35. The van der Waals surface area contributed by atoms with Crippen LogP contribution in [0, 0.1) is 12.7 Å². The van der Waals surface area contributed by atoms with Crippen LogP contribution in [-0.2, 0) is 10.2 Å². The highest BCUT2D eigenvalue weighted by molar-refractivity contribution is 5.95. The maximum atomic E-state index is 13.3. The molecular formula is C20H22FNO2.